The molecule has 60 valence electrons. The van der Waals surface area contributed by atoms with E-state index in [1.54, 1.807) is 0 Å². The summed E-state index contributed by atoms with van der Waals surface area (Å²) in [5.41, 5.74) is 0. The highest BCUT2D eigenvalue weighted by atomic mass is 16.5. The van der Waals surface area contributed by atoms with Crippen molar-refractivity contribution in [2.24, 2.45) is 0 Å². The highest BCUT2D eigenvalue weighted by Gasteiger charge is 2.29. The van der Waals surface area contributed by atoms with Gasteiger partial charge in [-0.15, -0.1) is 0 Å². The molecule has 1 fully saturated rings. The minimum Gasteiger partial charge on any atom is -0.396 e. The third-order valence-electron chi connectivity index (χ3n) is 1.90. The van der Waals surface area contributed by atoms with Gasteiger partial charge in [-0.1, -0.05) is 0 Å². The number of aliphatic hydroxyl groups is 2. The quantitative estimate of drug-likeness (QED) is 0.572. The van der Waals surface area contributed by atoms with Crippen molar-refractivity contribution in [1.82, 2.24) is 0 Å². The second-order valence-electron chi connectivity index (χ2n) is 2.78. The molecule has 3 nitrogen and oxygen atoms in total. The van der Waals surface area contributed by atoms with Crippen LogP contribution in [0.3, 0.4) is 0 Å². The van der Waals surface area contributed by atoms with Gasteiger partial charge in [0.05, 0.1) is 18.3 Å². The van der Waals surface area contributed by atoms with Gasteiger partial charge in [0.1, 0.15) is 0 Å². The van der Waals surface area contributed by atoms with Crippen LogP contribution >= 0.6 is 0 Å². The lowest BCUT2D eigenvalue weighted by atomic mass is 10.1. The fraction of sp³-hybridized carbons (Fsp3) is 1.00. The Morgan fingerprint density at radius 1 is 1.60 bits per heavy atom. The van der Waals surface area contributed by atoms with Gasteiger partial charge in [0, 0.05) is 13.0 Å². The van der Waals surface area contributed by atoms with E-state index in [1.165, 1.54) is 0 Å². The molecule has 1 rings (SSSR count). The predicted octanol–water partition coefficient (Wildman–Crippen LogP) is -0.0929. The van der Waals surface area contributed by atoms with Crippen LogP contribution in [0, 0.1) is 0 Å². The van der Waals surface area contributed by atoms with Crippen LogP contribution < -0.4 is 0 Å². The first kappa shape index (κ1) is 7.98. The van der Waals surface area contributed by atoms with E-state index in [1.807, 2.05) is 6.92 Å². The van der Waals surface area contributed by atoms with E-state index in [9.17, 15) is 5.11 Å². The zero-order valence-electron chi connectivity index (χ0n) is 6.16. The summed E-state index contributed by atoms with van der Waals surface area (Å²) in [6, 6.07) is 0. The van der Waals surface area contributed by atoms with Crippen LogP contribution in [0.2, 0.25) is 0 Å². The van der Waals surface area contributed by atoms with Crippen molar-refractivity contribution >= 4 is 0 Å². The van der Waals surface area contributed by atoms with Gasteiger partial charge in [0.25, 0.3) is 0 Å². The Hall–Kier alpha value is -0.120. The average Bonchev–Trinajstić information content (AvgIpc) is 2.14. The van der Waals surface area contributed by atoms with Crippen molar-refractivity contribution in [3.8, 4) is 0 Å². The Bertz CT molecular complexity index is 95.0. The summed E-state index contributed by atoms with van der Waals surface area (Å²) < 4.78 is 5.30. The first-order chi connectivity index (χ1) is 4.74. The molecule has 3 atom stereocenters. The number of rotatable bonds is 2. The lowest BCUT2D eigenvalue weighted by molar-refractivity contribution is 0.0139. The highest BCUT2D eigenvalue weighted by Crippen LogP contribution is 2.21. The van der Waals surface area contributed by atoms with Crippen molar-refractivity contribution < 1.29 is 14.9 Å². The Morgan fingerprint density at radius 2 is 2.30 bits per heavy atom. The van der Waals surface area contributed by atoms with E-state index in [-0.39, 0.29) is 24.9 Å². The van der Waals surface area contributed by atoms with E-state index in [4.69, 9.17) is 9.84 Å². The molecule has 1 aliphatic heterocycles. The largest absolute Gasteiger partial charge is 0.396 e. The van der Waals surface area contributed by atoms with Crippen molar-refractivity contribution in [2.75, 3.05) is 6.61 Å². The third-order valence-corrected chi connectivity index (χ3v) is 1.90. The molecule has 3 unspecified atom stereocenters. The predicted molar refractivity (Wildman–Crippen MR) is 36.7 cm³/mol. The van der Waals surface area contributed by atoms with Gasteiger partial charge in [0.15, 0.2) is 0 Å². The summed E-state index contributed by atoms with van der Waals surface area (Å²) in [5.74, 6) is 0. The summed E-state index contributed by atoms with van der Waals surface area (Å²) >= 11 is 0. The third kappa shape index (κ3) is 1.68. The van der Waals surface area contributed by atoms with Crippen LogP contribution in [0.25, 0.3) is 0 Å². The summed E-state index contributed by atoms with van der Waals surface area (Å²) in [7, 11) is 0. The highest BCUT2D eigenvalue weighted by molar-refractivity contribution is 4.78. The van der Waals surface area contributed by atoms with Gasteiger partial charge in [-0.3, -0.25) is 0 Å². The van der Waals surface area contributed by atoms with Gasteiger partial charge < -0.3 is 14.9 Å². The molecule has 1 saturated heterocycles. The van der Waals surface area contributed by atoms with Gasteiger partial charge in [-0.2, -0.15) is 0 Å². The topological polar surface area (TPSA) is 49.7 Å². The van der Waals surface area contributed by atoms with E-state index in [2.05, 4.69) is 0 Å². The van der Waals surface area contributed by atoms with Crippen LogP contribution in [0.1, 0.15) is 19.8 Å². The van der Waals surface area contributed by atoms with Gasteiger partial charge in [-0.05, 0) is 13.3 Å². The molecule has 0 aromatic carbocycles. The molecule has 0 aromatic heterocycles. The molecule has 3 heteroatoms. The Labute approximate surface area is 60.6 Å². The lowest BCUT2D eigenvalue weighted by Gasteiger charge is -2.07. The molecule has 0 amide bonds. The van der Waals surface area contributed by atoms with Crippen LogP contribution in [0.4, 0.5) is 0 Å². The maximum absolute atomic E-state index is 9.19. The number of aliphatic hydroxyl groups excluding tert-OH is 2. The zero-order valence-corrected chi connectivity index (χ0v) is 6.16. The molecular formula is C7H14O3. The minimum absolute atomic E-state index is 0.0588. The molecule has 0 aliphatic carbocycles. The monoisotopic (exact) mass is 146 g/mol. The van der Waals surface area contributed by atoms with Crippen molar-refractivity contribution in [3.05, 3.63) is 0 Å². The normalized spacial score (nSPS) is 40.5. The molecule has 1 heterocycles. The van der Waals surface area contributed by atoms with Crippen LogP contribution in [0.15, 0.2) is 0 Å². The summed E-state index contributed by atoms with van der Waals surface area (Å²) in [5, 5.41) is 17.7. The Kier molecular flexibility index (Phi) is 2.65. The molecule has 0 saturated carbocycles. The minimum atomic E-state index is -0.337. The first-order valence-electron chi connectivity index (χ1n) is 3.68. The van der Waals surface area contributed by atoms with Crippen LogP contribution in [-0.4, -0.2) is 35.1 Å². The van der Waals surface area contributed by atoms with Gasteiger partial charge in [-0.25, -0.2) is 0 Å². The summed E-state index contributed by atoms with van der Waals surface area (Å²) in [6.07, 6.45) is 0.978. The van der Waals surface area contributed by atoms with E-state index >= 15 is 0 Å². The van der Waals surface area contributed by atoms with E-state index < -0.39 is 0 Å². The second-order valence-corrected chi connectivity index (χ2v) is 2.78. The van der Waals surface area contributed by atoms with Crippen LogP contribution in [-0.2, 0) is 4.74 Å². The molecule has 0 spiro atoms. The molecule has 10 heavy (non-hydrogen) atoms. The lowest BCUT2D eigenvalue weighted by Crippen LogP contribution is -2.15. The smallest absolute Gasteiger partial charge is 0.0823 e. The van der Waals surface area contributed by atoms with Crippen molar-refractivity contribution in [2.45, 2.75) is 38.1 Å². The number of hydrogen-bond acceptors (Lipinski definition) is 3. The number of ether oxygens (including phenoxy) is 1. The van der Waals surface area contributed by atoms with Crippen molar-refractivity contribution in [1.29, 1.82) is 0 Å². The first-order valence-corrected chi connectivity index (χ1v) is 3.68. The molecule has 0 radical (unpaired) electrons. The van der Waals surface area contributed by atoms with Gasteiger partial charge in [0.2, 0.25) is 0 Å². The molecule has 1 aliphatic rings. The molecule has 0 aromatic rings. The van der Waals surface area contributed by atoms with E-state index in [0.29, 0.717) is 12.8 Å². The summed E-state index contributed by atoms with van der Waals surface area (Å²) in [4.78, 5) is 0. The maximum Gasteiger partial charge on any atom is 0.0823 e. The molecule has 0 bridgehead atoms. The van der Waals surface area contributed by atoms with Gasteiger partial charge >= 0.3 is 0 Å². The maximum atomic E-state index is 9.19. The average molecular weight is 146 g/mol. The summed E-state index contributed by atoms with van der Waals surface area (Å²) in [6.45, 7) is 1.99. The van der Waals surface area contributed by atoms with Crippen LogP contribution in [0.5, 0.6) is 0 Å². The SMILES string of the molecule is CC1OC(CCO)CC1O. The fourth-order valence-electron chi connectivity index (χ4n) is 1.24. The fourth-order valence-corrected chi connectivity index (χ4v) is 1.24. The zero-order chi connectivity index (χ0) is 7.56. The van der Waals surface area contributed by atoms with E-state index in [0.717, 1.165) is 0 Å². The Morgan fingerprint density at radius 3 is 2.70 bits per heavy atom. The second kappa shape index (κ2) is 3.32. The molecule has 2 N–H and O–H groups in total. The Balaban J connectivity index is 2.27. The number of hydrogen-bond donors (Lipinski definition) is 2. The standard InChI is InChI=1S/C7H14O3/c1-5-7(9)4-6(10-5)2-3-8/h5-9H,2-4H2,1H3. The van der Waals surface area contributed by atoms with Crippen molar-refractivity contribution in [3.63, 3.8) is 0 Å². The molecular weight excluding hydrogens is 132 g/mol.